The Bertz CT molecular complexity index is 460. The highest BCUT2D eigenvalue weighted by molar-refractivity contribution is 5.60. The molecule has 1 aromatic heterocycles. The van der Waals surface area contributed by atoms with Crippen molar-refractivity contribution in [2.24, 2.45) is 0 Å². The fourth-order valence-corrected chi connectivity index (χ4v) is 1.96. The predicted octanol–water partition coefficient (Wildman–Crippen LogP) is 1.75. The fraction of sp³-hybridized carbons (Fsp3) is 0.583. The van der Waals surface area contributed by atoms with Gasteiger partial charge in [-0.05, 0) is 25.3 Å². The summed E-state index contributed by atoms with van der Waals surface area (Å²) in [5.41, 5.74) is -0.0385. The van der Waals surface area contributed by atoms with Gasteiger partial charge in [0.25, 0.3) is 0 Å². The van der Waals surface area contributed by atoms with Gasteiger partial charge in [-0.15, -0.1) is 0 Å². The lowest BCUT2D eigenvalue weighted by atomic mass is 9.89. The standard InChI is InChI=1S/C12H18N4O3/c1-2-5-13-11-4-3-10(16(18)19)12(15-11)14-8-6-9(17)7-8/h3-4,8-9,17H,2,5-7H2,1H3,(H2,13,14,15). The van der Waals surface area contributed by atoms with Gasteiger partial charge in [0, 0.05) is 18.7 Å². The van der Waals surface area contributed by atoms with Crippen molar-refractivity contribution >= 4 is 17.3 Å². The Balaban J connectivity index is 2.13. The quantitative estimate of drug-likeness (QED) is 0.535. The number of nitrogens with one attached hydrogen (secondary N) is 2. The highest BCUT2D eigenvalue weighted by Crippen LogP contribution is 2.29. The van der Waals surface area contributed by atoms with Crippen molar-refractivity contribution < 1.29 is 10.0 Å². The van der Waals surface area contributed by atoms with Gasteiger partial charge in [-0.1, -0.05) is 6.92 Å². The van der Waals surface area contributed by atoms with Crippen molar-refractivity contribution in [1.29, 1.82) is 0 Å². The molecule has 2 rings (SSSR count). The Morgan fingerprint density at radius 3 is 2.84 bits per heavy atom. The number of hydrogen-bond donors (Lipinski definition) is 3. The molecule has 1 aliphatic carbocycles. The van der Waals surface area contributed by atoms with Crippen LogP contribution in [0.2, 0.25) is 0 Å². The maximum Gasteiger partial charge on any atom is 0.311 e. The number of hydrogen-bond acceptors (Lipinski definition) is 6. The molecule has 0 aromatic carbocycles. The molecule has 1 saturated carbocycles. The van der Waals surface area contributed by atoms with Gasteiger partial charge < -0.3 is 15.7 Å². The zero-order valence-corrected chi connectivity index (χ0v) is 10.8. The summed E-state index contributed by atoms with van der Waals surface area (Å²) >= 11 is 0. The van der Waals surface area contributed by atoms with Gasteiger partial charge in [0.05, 0.1) is 11.0 Å². The third-order valence-electron chi connectivity index (χ3n) is 3.08. The van der Waals surface area contributed by atoms with Gasteiger partial charge in [0.2, 0.25) is 5.82 Å². The van der Waals surface area contributed by atoms with E-state index >= 15 is 0 Å². The molecule has 1 heterocycles. The number of rotatable bonds is 6. The number of aliphatic hydroxyl groups excluding tert-OH is 1. The number of nitrogens with zero attached hydrogens (tertiary/aromatic N) is 2. The number of aromatic nitrogens is 1. The van der Waals surface area contributed by atoms with Gasteiger partial charge in [-0.3, -0.25) is 10.1 Å². The molecule has 0 bridgehead atoms. The highest BCUT2D eigenvalue weighted by atomic mass is 16.6. The van der Waals surface area contributed by atoms with E-state index in [1.807, 2.05) is 6.92 Å². The van der Waals surface area contributed by atoms with E-state index in [0.29, 0.717) is 18.7 Å². The van der Waals surface area contributed by atoms with Crippen LogP contribution in [0.1, 0.15) is 26.2 Å². The second-order valence-electron chi connectivity index (χ2n) is 4.71. The molecule has 104 valence electrons. The SMILES string of the molecule is CCCNc1ccc([N+](=O)[O-])c(NC2CC(O)C2)n1. The molecule has 0 atom stereocenters. The van der Waals surface area contributed by atoms with Crippen LogP contribution in [0.25, 0.3) is 0 Å². The number of anilines is 2. The predicted molar refractivity (Wildman–Crippen MR) is 72.3 cm³/mol. The lowest BCUT2D eigenvalue weighted by molar-refractivity contribution is -0.384. The average Bonchev–Trinajstić information content (AvgIpc) is 2.34. The molecule has 0 amide bonds. The molecule has 0 unspecified atom stereocenters. The Morgan fingerprint density at radius 1 is 1.53 bits per heavy atom. The van der Waals surface area contributed by atoms with Crippen LogP contribution in [0.4, 0.5) is 17.3 Å². The van der Waals surface area contributed by atoms with Gasteiger partial charge in [0.1, 0.15) is 5.82 Å². The molecule has 7 heteroatoms. The van der Waals surface area contributed by atoms with Crippen LogP contribution in [0.3, 0.4) is 0 Å². The number of aliphatic hydroxyl groups is 1. The number of nitro groups is 1. The molecular formula is C12H18N4O3. The van der Waals surface area contributed by atoms with Crippen molar-refractivity contribution in [3.63, 3.8) is 0 Å². The summed E-state index contributed by atoms with van der Waals surface area (Å²) in [6.45, 7) is 2.81. The molecule has 1 aromatic rings. The van der Waals surface area contributed by atoms with E-state index in [1.165, 1.54) is 6.07 Å². The van der Waals surface area contributed by atoms with Crippen LogP contribution in [0, 0.1) is 10.1 Å². The first-order valence-electron chi connectivity index (χ1n) is 6.44. The second-order valence-corrected chi connectivity index (χ2v) is 4.71. The average molecular weight is 266 g/mol. The summed E-state index contributed by atoms with van der Waals surface area (Å²) in [6.07, 6.45) is 1.85. The van der Waals surface area contributed by atoms with Crippen molar-refractivity contribution in [3.05, 3.63) is 22.2 Å². The first kappa shape index (κ1) is 13.5. The topological polar surface area (TPSA) is 100 Å². The minimum absolute atomic E-state index is 0.0385. The number of pyridine rings is 1. The Labute approximate surface area is 111 Å². The Kier molecular flexibility index (Phi) is 4.16. The van der Waals surface area contributed by atoms with Crippen LogP contribution in [0.15, 0.2) is 12.1 Å². The Hall–Kier alpha value is -1.89. The van der Waals surface area contributed by atoms with Gasteiger partial charge >= 0.3 is 5.69 Å². The first-order valence-corrected chi connectivity index (χ1v) is 6.44. The smallest absolute Gasteiger partial charge is 0.311 e. The van der Waals surface area contributed by atoms with Crippen molar-refractivity contribution in [2.45, 2.75) is 38.3 Å². The van der Waals surface area contributed by atoms with E-state index in [4.69, 9.17) is 0 Å². The zero-order chi connectivity index (χ0) is 13.8. The van der Waals surface area contributed by atoms with Crippen molar-refractivity contribution in [2.75, 3.05) is 17.2 Å². The van der Waals surface area contributed by atoms with Crippen molar-refractivity contribution in [1.82, 2.24) is 4.98 Å². The summed E-state index contributed by atoms with van der Waals surface area (Å²) in [6, 6.07) is 3.11. The highest BCUT2D eigenvalue weighted by Gasteiger charge is 2.29. The lowest BCUT2D eigenvalue weighted by Crippen LogP contribution is -2.39. The van der Waals surface area contributed by atoms with E-state index in [0.717, 1.165) is 13.0 Å². The molecule has 0 radical (unpaired) electrons. The summed E-state index contributed by atoms with van der Waals surface area (Å²) < 4.78 is 0. The normalized spacial score (nSPS) is 21.6. The van der Waals surface area contributed by atoms with Crippen LogP contribution in [0.5, 0.6) is 0 Å². The van der Waals surface area contributed by atoms with Crippen LogP contribution in [-0.4, -0.2) is 33.7 Å². The monoisotopic (exact) mass is 266 g/mol. The van der Waals surface area contributed by atoms with Crippen LogP contribution >= 0.6 is 0 Å². The van der Waals surface area contributed by atoms with Crippen LogP contribution in [-0.2, 0) is 0 Å². The zero-order valence-electron chi connectivity index (χ0n) is 10.8. The summed E-state index contributed by atoms with van der Waals surface area (Å²) in [5, 5.41) is 26.3. The molecule has 3 N–H and O–H groups in total. The third kappa shape index (κ3) is 3.31. The molecular weight excluding hydrogens is 248 g/mol. The van der Waals surface area contributed by atoms with Crippen molar-refractivity contribution in [3.8, 4) is 0 Å². The summed E-state index contributed by atoms with van der Waals surface area (Å²) in [4.78, 5) is 14.7. The van der Waals surface area contributed by atoms with E-state index < -0.39 is 4.92 Å². The van der Waals surface area contributed by atoms with Gasteiger partial charge in [0.15, 0.2) is 0 Å². The fourth-order valence-electron chi connectivity index (χ4n) is 1.96. The first-order chi connectivity index (χ1) is 9.10. The minimum atomic E-state index is -0.450. The van der Waals surface area contributed by atoms with Gasteiger partial charge in [-0.2, -0.15) is 0 Å². The molecule has 1 fully saturated rings. The molecule has 0 spiro atoms. The summed E-state index contributed by atoms with van der Waals surface area (Å²) in [5.74, 6) is 0.887. The minimum Gasteiger partial charge on any atom is -0.393 e. The largest absolute Gasteiger partial charge is 0.393 e. The van der Waals surface area contributed by atoms with E-state index in [9.17, 15) is 15.2 Å². The molecule has 0 aliphatic heterocycles. The van der Waals surface area contributed by atoms with Crippen LogP contribution < -0.4 is 10.6 Å². The molecule has 7 nitrogen and oxygen atoms in total. The molecule has 19 heavy (non-hydrogen) atoms. The van der Waals surface area contributed by atoms with E-state index in [2.05, 4.69) is 15.6 Å². The summed E-state index contributed by atoms with van der Waals surface area (Å²) in [7, 11) is 0. The van der Waals surface area contributed by atoms with E-state index in [1.54, 1.807) is 6.07 Å². The molecule has 1 aliphatic rings. The third-order valence-corrected chi connectivity index (χ3v) is 3.08. The lowest BCUT2D eigenvalue weighted by Gasteiger charge is -2.32. The Morgan fingerprint density at radius 2 is 2.26 bits per heavy atom. The second kappa shape index (κ2) is 5.83. The molecule has 0 saturated heterocycles. The maximum absolute atomic E-state index is 11.0. The maximum atomic E-state index is 11.0. The van der Waals surface area contributed by atoms with E-state index in [-0.39, 0.29) is 23.7 Å². The van der Waals surface area contributed by atoms with Gasteiger partial charge in [-0.25, -0.2) is 4.98 Å².